The molecule has 0 fully saturated rings. The molecule has 2 aromatic heterocycles. The number of aryl methyl sites for hydroxylation is 1. The Morgan fingerprint density at radius 3 is 2.56 bits per heavy atom. The van der Waals surface area contributed by atoms with Crippen LogP contribution in [0.4, 0.5) is 0 Å². The van der Waals surface area contributed by atoms with Crippen LogP contribution in [0.3, 0.4) is 0 Å². The van der Waals surface area contributed by atoms with Crippen LogP contribution in [0.15, 0.2) is 52.1 Å². The van der Waals surface area contributed by atoms with Gasteiger partial charge in [0.05, 0.1) is 11.2 Å². The number of hydrogen-bond donors (Lipinski definition) is 2. The number of nitrogens with zero attached hydrogens (tertiary/aromatic N) is 2. The Balaban J connectivity index is 2.15. The van der Waals surface area contributed by atoms with Crippen LogP contribution < -0.4 is 11.0 Å². The van der Waals surface area contributed by atoms with Crippen molar-refractivity contribution < 1.29 is 5.11 Å². The van der Waals surface area contributed by atoms with E-state index in [1.54, 1.807) is 30.3 Å². The highest BCUT2D eigenvalue weighted by Crippen LogP contribution is 2.21. The molecule has 4 rings (SSSR count). The molecule has 0 aliphatic heterocycles. The molecule has 7 heteroatoms. The Kier molecular flexibility index (Phi) is 3.36. The normalized spacial score (nSPS) is 11.3. The average molecular weight is 354 g/mol. The lowest BCUT2D eigenvalue weighted by Gasteiger charge is -2.09. The number of hydrogen-bond acceptors (Lipinski definition) is 4. The topological polar surface area (TPSA) is 88.0 Å². The molecule has 25 heavy (non-hydrogen) atoms. The number of rotatable bonds is 1. The van der Waals surface area contributed by atoms with E-state index in [2.05, 4.69) is 10.1 Å². The van der Waals surface area contributed by atoms with Gasteiger partial charge in [-0.3, -0.25) is 9.59 Å². The summed E-state index contributed by atoms with van der Waals surface area (Å²) in [4.78, 5) is 28.4. The third-order valence-corrected chi connectivity index (χ3v) is 4.30. The van der Waals surface area contributed by atoms with Crippen molar-refractivity contribution >= 4 is 33.4 Å². The van der Waals surface area contributed by atoms with E-state index in [0.717, 1.165) is 10.2 Å². The molecule has 0 unspecified atom stereocenters. The number of fused-ring (bicyclic) bond motifs is 2. The Bertz CT molecular complexity index is 1260. The summed E-state index contributed by atoms with van der Waals surface area (Å²) in [6, 6.07) is 11.8. The first-order chi connectivity index (χ1) is 12.0. The molecule has 2 N–H and O–H groups in total. The molecular weight excluding hydrogens is 342 g/mol. The van der Waals surface area contributed by atoms with Crippen molar-refractivity contribution in [1.82, 2.24) is 14.8 Å². The zero-order chi connectivity index (χ0) is 17.7. The summed E-state index contributed by atoms with van der Waals surface area (Å²) in [5.74, 6) is -0.506. The Labute approximate surface area is 145 Å². The van der Waals surface area contributed by atoms with Gasteiger partial charge in [-0.05, 0) is 37.3 Å². The molecule has 0 saturated carbocycles. The van der Waals surface area contributed by atoms with Gasteiger partial charge < -0.3 is 10.1 Å². The van der Waals surface area contributed by atoms with Crippen LogP contribution in [-0.4, -0.2) is 19.9 Å². The van der Waals surface area contributed by atoms with Crippen molar-refractivity contribution in [3.05, 3.63) is 73.6 Å². The minimum Gasteiger partial charge on any atom is -0.492 e. The third-order valence-electron chi connectivity index (χ3n) is 4.07. The number of pyridine rings is 1. The summed E-state index contributed by atoms with van der Waals surface area (Å²) in [5, 5.41) is 14.8. The van der Waals surface area contributed by atoms with E-state index in [1.165, 1.54) is 0 Å². The van der Waals surface area contributed by atoms with Gasteiger partial charge >= 0.3 is 0 Å². The van der Waals surface area contributed by atoms with Gasteiger partial charge in [-0.15, -0.1) is 5.10 Å². The molecule has 0 bridgehead atoms. The lowest BCUT2D eigenvalue weighted by atomic mass is 10.1. The first-order valence-corrected chi connectivity index (χ1v) is 7.88. The second-order valence-corrected chi connectivity index (χ2v) is 6.21. The van der Waals surface area contributed by atoms with Gasteiger partial charge in [0.15, 0.2) is 0 Å². The Hall–Kier alpha value is -3.12. The predicted octanol–water partition coefficient (Wildman–Crippen LogP) is 2.89. The van der Waals surface area contributed by atoms with Crippen LogP contribution in [0, 0.1) is 6.92 Å². The van der Waals surface area contributed by atoms with Crippen molar-refractivity contribution in [1.29, 1.82) is 0 Å². The summed E-state index contributed by atoms with van der Waals surface area (Å²) >= 11 is 5.97. The average Bonchev–Trinajstić information content (AvgIpc) is 2.58. The van der Waals surface area contributed by atoms with E-state index in [9.17, 15) is 14.7 Å². The minimum absolute atomic E-state index is 0.0205. The van der Waals surface area contributed by atoms with E-state index in [4.69, 9.17) is 11.6 Å². The molecule has 0 spiro atoms. The first kappa shape index (κ1) is 15.4. The van der Waals surface area contributed by atoms with Crippen molar-refractivity contribution in [3.63, 3.8) is 0 Å². The number of H-pyrrole nitrogens is 1. The monoisotopic (exact) mass is 353 g/mol. The molecule has 2 aromatic carbocycles. The molecule has 0 saturated heterocycles. The number of halogens is 1. The summed E-state index contributed by atoms with van der Waals surface area (Å²) in [5.41, 5.74) is 0.904. The van der Waals surface area contributed by atoms with Crippen LogP contribution in [0.25, 0.3) is 27.5 Å². The van der Waals surface area contributed by atoms with E-state index < -0.39 is 16.9 Å². The molecule has 0 atom stereocenters. The summed E-state index contributed by atoms with van der Waals surface area (Å²) in [6.07, 6.45) is 0. The minimum atomic E-state index is -0.532. The lowest BCUT2D eigenvalue weighted by molar-refractivity contribution is 0.444. The molecule has 0 aliphatic rings. The van der Waals surface area contributed by atoms with Crippen molar-refractivity contribution in [2.75, 3.05) is 0 Å². The molecule has 4 aromatic rings. The van der Waals surface area contributed by atoms with Crippen molar-refractivity contribution in [3.8, 4) is 11.6 Å². The largest absolute Gasteiger partial charge is 0.492 e. The summed E-state index contributed by atoms with van der Waals surface area (Å²) in [7, 11) is 0. The van der Waals surface area contributed by atoms with Crippen molar-refractivity contribution in [2.24, 2.45) is 0 Å². The quantitative estimate of drug-likeness (QED) is 0.515. The molecular formula is C18H12ClN3O3. The number of aromatic amines is 1. The van der Waals surface area contributed by atoms with Gasteiger partial charge in [-0.25, -0.2) is 0 Å². The van der Waals surface area contributed by atoms with Gasteiger partial charge in [0.2, 0.25) is 11.3 Å². The van der Waals surface area contributed by atoms with Gasteiger partial charge in [0.1, 0.15) is 10.9 Å². The van der Waals surface area contributed by atoms with Crippen LogP contribution in [0.1, 0.15) is 5.56 Å². The van der Waals surface area contributed by atoms with Crippen LogP contribution >= 0.6 is 11.6 Å². The zero-order valence-electron chi connectivity index (χ0n) is 13.1. The predicted molar refractivity (Wildman–Crippen MR) is 96.9 cm³/mol. The van der Waals surface area contributed by atoms with Crippen LogP contribution in [0.2, 0.25) is 5.02 Å². The highest BCUT2D eigenvalue weighted by Gasteiger charge is 2.17. The fraction of sp³-hybridized carbons (Fsp3) is 0.0556. The molecule has 0 amide bonds. The third kappa shape index (κ3) is 2.38. The van der Waals surface area contributed by atoms with Gasteiger partial charge in [-0.1, -0.05) is 29.3 Å². The van der Waals surface area contributed by atoms with Crippen LogP contribution in [-0.2, 0) is 0 Å². The maximum Gasteiger partial charge on any atom is 0.296 e. The Morgan fingerprint density at radius 1 is 1.12 bits per heavy atom. The van der Waals surface area contributed by atoms with E-state index >= 15 is 0 Å². The second kappa shape index (κ2) is 5.46. The van der Waals surface area contributed by atoms with E-state index in [-0.39, 0.29) is 10.9 Å². The fourth-order valence-corrected chi connectivity index (χ4v) is 2.97. The SMILES string of the molecule is Cc1ccc(-n2nc(O)c3c(=O)c4ccc(Cl)cc4[nH]c3c2=O)cc1. The van der Waals surface area contributed by atoms with Gasteiger partial charge in [0, 0.05) is 10.4 Å². The number of aromatic nitrogens is 3. The molecule has 124 valence electrons. The molecule has 6 nitrogen and oxygen atoms in total. The van der Waals surface area contributed by atoms with Gasteiger partial charge in [0.25, 0.3) is 5.56 Å². The second-order valence-electron chi connectivity index (χ2n) is 5.77. The standard InChI is InChI=1S/C18H12ClN3O3/c1-9-2-5-11(6-3-9)22-18(25)15-14(17(24)21-22)16(23)12-7-4-10(19)8-13(12)20-15/h2-8H,1H3,(H,20,23)(H,21,24). The molecule has 2 heterocycles. The summed E-state index contributed by atoms with van der Waals surface area (Å²) < 4.78 is 1.06. The van der Waals surface area contributed by atoms with E-state index in [1.807, 2.05) is 19.1 Å². The maximum atomic E-state index is 12.8. The lowest BCUT2D eigenvalue weighted by Crippen LogP contribution is -2.24. The van der Waals surface area contributed by atoms with Gasteiger partial charge in [-0.2, -0.15) is 4.68 Å². The van der Waals surface area contributed by atoms with Crippen molar-refractivity contribution in [2.45, 2.75) is 6.92 Å². The summed E-state index contributed by atoms with van der Waals surface area (Å²) in [6.45, 7) is 1.92. The first-order valence-electron chi connectivity index (χ1n) is 7.50. The smallest absolute Gasteiger partial charge is 0.296 e. The molecule has 0 radical (unpaired) electrons. The number of aromatic hydroxyl groups is 1. The highest BCUT2D eigenvalue weighted by molar-refractivity contribution is 6.31. The number of benzene rings is 2. The molecule has 0 aliphatic carbocycles. The zero-order valence-corrected chi connectivity index (χ0v) is 13.8. The van der Waals surface area contributed by atoms with E-state index in [0.29, 0.717) is 21.6 Å². The Morgan fingerprint density at radius 2 is 1.84 bits per heavy atom. The highest BCUT2D eigenvalue weighted by atomic mass is 35.5. The maximum absolute atomic E-state index is 12.8. The van der Waals surface area contributed by atoms with Crippen LogP contribution in [0.5, 0.6) is 5.88 Å². The number of nitrogens with one attached hydrogen (secondary N) is 1. The fourth-order valence-electron chi connectivity index (χ4n) is 2.79.